The molecule has 54 heavy (non-hydrogen) atoms. The van der Waals surface area contributed by atoms with Gasteiger partial charge in [0.15, 0.2) is 0 Å². The lowest BCUT2D eigenvalue weighted by Crippen LogP contribution is -2.63. The average molecular weight is 749 g/mol. The lowest BCUT2D eigenvalue weighted by molar-refractivity contribution is -0.185. The van der Waals surface area contributed by atoms with Gasteiger partial charge in [0.1, 0.15) is 23.8 Å². The number of rotatable bonds is 3. The molecule has 12 nitrogen and oxygen atoms in total. The third kappa shape index (κ3) is 8.13. The van der Waals surface area contributed by atoms with Crippen molar-refractivity contribution < 1.29 is 38.0 Å². The van der Waals surface area contributed by atoms with Crippen LogP contribution in [0.2, 0.25) is 0 Å². The van der Waals surface area contributed by atoms with Crippen molar-refractivity contribution in [2.45, 2.75) is 173 Å². The van der Waals surface area contributed by atoms with Crippen molar-refractivity contribution in [1.29, 1.82) is 0 Å². The highest BCUT2D eigenvalue weighted by Gasteiger charge is 2.67. The van der Waals surface area contributed by atoms with Gasteiger partial charge >= 0.3 is 19.3 Å². The maximum absolute atomic E-state index is 14.5. The minimum absolute atomic E-state index is 0.0370. The summed E-state index contributed by atoms with van der Waals surface area (Å²) in [6.45, 7) is 13.1. The van der Waals surface area contributed by atoms with Crippen LogP contribution in [0.25, 0.3) is 0 Å². The summed E-state index contributed by atoms with van der Waals surface area (Å²) in [6, 6.07) is 6.10. The molecule has 0 unspecified atom stereocenters. The van der Waals surface area contributed by atoms with Crippen LogP contribution in [0.1, 0.15) is 130 Å². The van der Waals surface area contributed by atoms with Crippen LogP contribution in [0.4, 0.5) is 9.59 Å². The second-order valence-corrected chi connectivity index (χ2v) is 18.7. The van der Waals surface area contributed by atoms with Gasteiger partial charge in [0.25, 0.3) is 0 Å². The van der Waals surface area contributed by atoms with Gasteiger partial charge in [-0.1, -0.05) is 83.1 Å². The summed E-state index contributed by atoms with van der Waals surface area (Å²) >= 11 is 0. The first-order valence-corrected chi connectivity index (χ1v) is 20.6. The Labute approximate surface area is 321 Å². The van der Waals surface area contributed by atoms with Gasteiger partial charge in [0, 0.05) is 19.5 Å². The van der Waals surface area contributed by atoms with Crippen molar-refractivity contribution in [1.82, 2.24) is 20.4 Å². The Kier molecular flexibility index (Phi) is 11.0. The molecular formula is C41H61BN4O8. The highest BCUT2D eigenvalue weighted by atomic mass is 16.7. The molecule has 3 saturated carbocycles. The minimum Gasteiger partial charge on any atom is -0.444 e. The van der Waals surface area contributed by atoms with Gasteiger partial charge in [-0.15, -0.1) is 0 Å². The van der Waals surface area contributed by atoms with E-state index in [1.54, 1.807) is 25.7 Å². The smallest absolute Gasteiger partial charge is 0.444 e. The van der Waals surface area contributed by atoms with Crippen LogP contribution < -0.4 is 10.6 Å². The van der Waals surface area contributed by atoms with Crippen molar-refractivity contribution in [3.8, 4) is 0 Å². The molecule has 0 spiro atoms. The monoisotopic (exact) mass is 748 g/mol. The molecule has 3 saturated heterocycles. The molecular weight excluding hydrogens is 687 g/mol. The van der Waals surface area contributed by atoms with Crippen molar-refractivity contribution in [2.75, 3.05) is 6.54 Å². The molecule has 6 fully saturated rings. The average Bonchev–Trinajstić information content (AvgIpc) is 3.83. The van der Waals surface area contributed by atoms with Gasteiger partial charge in [0.2, 0.25) is 11.8 Å². The van der Waals surface area contributed by atoms with Crippen LogP contribution in [-0.2, 0) is 41.5 Å². The predicted molar refractivity (Wildman–Crippen MR) is 203 cm³/mol. The highest BCUT2D eigenvalue weighted by molar-refractivity contribution is 6.48. The summed E-state index contributed by atoms with van der Waals surface area (Å²) < 4.78 is 25.2. The van der Waals surface area contributed by atoms with Gasteiger partial charge in [-0.3, -0.25) is 14.5 Å². The summed E-state index contributed by atoms with van der Waals surface area (Å²) in [7, 11) is -0.601. The number of hydrogen-bond acceptors (Lipinski definition) is 8. The fourth-order valence-corrected chi connectivity index (χ4v) is 10.0. The summed E-state index contributed by atoms with van der Waals surface area (Å²) in [4.78, 5) is 58.8. The van der Waals surface area contributed by atoms with Crippen molar-refractivity contribution >= 4 is 31.1 Å². The number of carbonyl (C=O) groups is 4. The Morgan fingerprint density at radius 3 is 2.24 bits per heavy atom. The molecule has 2 N–H and O–H groups in total. The molecule has 2 bridgehead atoms. The van der Waals surface area contributed by atoms with E-state index in [1.165, 1.54) is 4.90 Å². The van der Waals surface area contributed by atoms with Crippen LogP contribution in [0.3, 0.4) is 0 Å². The topological polar surface area (TPSA) is 136 Å². The third-order valence-corrected chi connectivity index (χ3v) is 13.2. The zero-order valence-electron chi connectivity index (χ0n) is 33.2. The Morgan fingerprint density at radius 1 is 0.944 bits per heavy atom. The molecule has 3 aliphatic carbocycles. The normalized spacial score (nSPS) is 34.3. The molecule has 1 aromatic rings. The summed E-state index contributed by atoms with van der Waals surface area (Å²) in [5.41, 5.74) is 1.20. The first-order chi connectivity index (χ1) is 25.6. The maximum atomic E-state index is 14.5. The van der Waals surface area contributed by atoms with Crippen LogP contribution in [0.5, 0.6) is 0 Å². The fraction of sp³-hybridized carbons (Fsp3) is 0.756. The second kappa shape index (κ2) is 15.3. The standard InChI is InChI=1S/C41H61BN4O8/c1-39(2,3)52-37(49)43-31-18-12-10-8-7-9-11-13-19-33(42-53-34-30-20-28(40(30,4)5)22-41(34,6)54-42)44-35(47)32-21-29(25-46(32)36(31)48)51-38(50)45-23-26-16-14-15-17-27(26)24-45/h14-17,28-34H,7-13,18-25H2,1-6H3,(H,43,49)(H,44,47)/t28-,29-,30+,31+,32+,33+,34-,41+/m1/s1. The number of nitrogens with one attached hydrogen (secondary N) is 2. The molecule has 7 aliphatic rings. The van der Waals surface area contributed by atoms with E-state index in [9.17, 15) is 19.2 Å². The molecule has 0 aromatic heterocycles. The third-order valence-electron chi connectivity index (χ3n) is 13.2. The maximum Gasteiger partial charge on any atom is 0.481 e. The molecule has 1 aromatic carbocycles. The number of amides is 4. The van der Waals surface area contributed by atoms with Crippen molar-refractivity contribution in [2.24, 2.45) is 17.3 Å². The first kappa shape index (κ1) is 38.9. The van der Waals surface area contributed by atoms with E-state index in [1.807, 2.05) is 24.3 Å². The Balaban J connectivity index is 1.12. The molecule has 8 rings (SSSR count). The van der Waals surface area contributed by atoms with E-state index in [0.717, 1.165) is 68.9 Å². The number of fused-ring (bicyclic) bond motifs is 2. The van der Waals surface area contributed by atoms with Crippen LogP contribution in [0.15, 0.2) is 24.3 Å². The minimum atomic E-state index is -0.921. The number of carbonyl (C=O) groups excluding carboxylic acids is 4. The van der Waals surface area contributed by atoms with Gasteiger partial charge in [-0.2, -0.15) is 0 Å². The van der Waals surface area contributed by atoms with Crippen LogP contribution in [-0.4, -0.2) is 88.9 Å². The van der Waals surface area contributed by atoms with E-state index in [4.69, 9.17) is 18.8 Å². The lowest BCUT2D eigenvalue weighted by Gasteiger charge is -2.63. The zero-order chi connectivity index (χ0) is 38.4. The molecule has 13 heteroatoms. The van der Waals surface area contributed by atoms with Gasteiger partial charge < -0.3 is 34.3 Å². The quantitative estimate of drug-likeness (QED) is 0.345. The Hall–Kier alpha value is -3.32. The Morgan fingerprint density at radius 2 is 1.59 bits per heavy atom. The largest absolute Gasteiger partial charge is 0.481 e. The van der Waals surface area contributed by atoms with Gasteiger partial charge in [0.05, 0.1) is 24.2 Å². The van der Waals surface area contributed by atoms with Crippen LogP contribution in [0, 0.1) is 17.3 Å². The van der Waals surface area contributed by atoms with Crippen molar-refractivity contribution in [3.05, 3.63) is 35.4 Å². The number of ether oxygens (including phenoxy) is 2. The molecule has 4 heterocycles. The lowest BCUT2D eigenvalue weighted by atomic mass is 9.45. The van der Waals surface area contributed by atoms with E-state index in [-0.39, 0.29) is 36.3 Å². The van der Waals surface area contributed by atoms with E-state index >= 15 is 0 Å². The number of hydrogen-bond donors (Lipinski definition) is 2. The highest BCUT2D eigenvalue weighted by Crippen LogP contribution is 2.64. The first-order valence-electron chi connectivity index (χ1n) is 20.6. The summed E-state index contributed by atoms with van der Waals surface area (Å²) in [5.74, 6) is -0.131. The number of alkyl carbamates (subject to hydrolysis) is 1. The second-order valence-electron chi connectivity index (χ2n) is 18.7. The predicted octanol–water partition coefficient (Wildman–Crippen LogP) is 6.28. The molecule has 4 aliphatic heterocycles. The SMILES string of the molecule is CC(C)(C)OC(=O)N[C@H]1CCCCCCCCC[C@@H](B2O[C@@H]3[C@@H]4C[C@H](C[C@]3(C)O2)C4(C)C)NC(=O)[C@@H]2C[C@@H](OC(=O)N3Cc4ccccc4C3)CN2C1=O. The number of benzene rings is 1. The molecule has 296 valence electrons. The van der Waals surface area contributed by atoms with Crippen LogP contribution >= 0.6 is 0 Å². The zero-order valence-corrected chi connectivity index (χ0v) is 33.2. The summed E-state index contributed by atoms with van der Waals surface area (Å²) in [6.07, 6.45) is 8.21. The molecule has 8 atom stereocenters. The van der Waals surface area contributed by atoms with Crippen molar-refractivity contribution in [3.63, 3.8) is 0 Å². The molecule has 4 amide bonds. The summed E-state index contributed by atoms with van der Waals surface area (Å²) in [5, 5.41) is 6.12. The molecule has 0 radical (unpaired) electrons. The van der Waals surface area contributed by atoms with E-state index in [0.29, 0.717) is 37.8 Å². The van der Waals surface area contributed by atoms with E-state index in [2.05, 4.69) is 31.4 Å². The van der Waals surface area contributed by atoms with Gasteiger partial charge in [-0.05, 0) is 81.8 Å². The number of nitrogens with zero attached hydrogens (tertiary/aromatic N) is 2. The van der Waals surface area contributed by atoms with Gasteiger partial charge in [-0.25, -0.2) is 9.59 Å². The Bertz CT molecular complexity index is 1560. The fourth-order valence-electron chi connectivity index (χ4n) is 10.0. The van der Waals surface area contributed by atoms with E-state index < -0.39 is 54.6 Å².